The minimum atomic E-state index is -3.70. The van der Waals surface area contributed by atoms with E-state index in [2.05, 4.69) is 9.71 Å². The molecule has 0 unspecified atom stereocenters. The van der Waals surface area contributed by atoms with Crippen molar-refractivity contribution in [1.82, 2.24) is 9.71 Å². The van der Waals surface area contributed by atoms with Crippen molar-refractivity contribution in [2.75, 3.05) is 6.61 Å². The number of fused-ring (bicyclic) bond motifs is 3. The molecule has 0 spiro atoms. The molecule has 1 aliphatic carbocycles. The van der Waals surface area contributed by atoms with Gasteiger partial charge in [0.25, 0.3) is 0 Å². The van der Waals surface area contributed by atoms with E-state index in [0.717, 1.165) is 40.8 Å². The van der Waals surface area contributed by atoms with E-state index in [1.807, 2.05) is 31.2 Å². The number of nitrogens with one attached hydrogen (secondary N) is 2. The minimum absolute atomic E-state index is 0.126. The molecule has 2 N–H and O–H groups in total. The zero-order valence-corrected chi connectivity index (χ0v) is 17.4. The van der Waals surface area contributed by atoms with Crippen molar-refractivity contribution in [3.05, 3.63) is 58.8 Å². The number of aryl methyl sites for hydroxylation is 2. The Morgan fingerprint density at radius 3 is 2.62 bits per heavy atom. The number of aromatic amines is 1. The second kappa shape index (κ2) is 7.65. The van der Waals surface area contributed by atoms with Gasteiger partial charge in [-0.15, -0.1) is 0 Å². The van der Waals surface area contributed by atoms with Gasteiger partial charge in [-0.05, 0) is 62.1 Å². The summed E-state index contributed by atoms with van der Waals surface area (Å²) in [5, 5.41) is 0.813. The Balaban J connectivity index is 1.61. The van der Waals surface area contributed by atoms with Crippen LogP contribution >= 0.6 is 0 Å². The van der Waals surface area contributed by atoms with Gasteiger partial charge in [0, 0.05) is 35.1 Å². The number of H-pyrrole nitrogens is 1. The SMILES string of the molecule is CCOc1ccc(CNS(=O)(=O)c2cc3[nH]c4c(c3cc2C)C(=O)CCC4)cc1. The van der Waals surface area contributed by atoms with E-state index in [0.29, 0.717) is 24.1 Å². The summed E-state index contributed by atoms with van der Waals surface area (Å²) < 4.78 is 33.9. The maximum absolute atomic E-state index is 12.9. The third-order valence-electron chi connectivity index (χ3n) is 5.27. The number of ketones is 1. The molecule has 4 rings (SSSR count). The lowest BCUT2D eigenvalue weighted by atomic mass is 9.94. The largest absolute Gasteiger partial charge is 0.494 e. The van der Waals surface area contributed by atoms with Crippen LogP contribution in [0.1, 0.15) is 46.9 Å². The molecule has 29 heavy (non-hydrogen) atoms. The van der Waals surface area contributed by atoms with Gasteiger partial charge in [0.15, 0.2) is 5.78 Å². The summed E-state index contributed by atoms with van der Waals surface area (Å²) in [7, 11) is -3.70. The molecule has 6 nitrogen and oxygen atoms in total. The van der Waals surface area contributed by atoms with Crippen LogP contribution in [0.2, 0.25) is 0 Å². The zero-order valence-electron chi connectivity index (χ0n) is 16.5. The van der Waals surface area contributed by atoms with Crippen LogP contribution in [0.25, 0.3) is 10.9 Å². The van der Waals surface area contributed by atoms with Crippen LogP contribution in [-0.2, 0) is 23.0 Å². The fourth-order valence-corrected chi connectivity index (χ4v) is 5.13. The second-order valence-electron chi connectivity index (χ2n) is 7.32. The number of carbonyl (C=O) groups excluding carboxylic acids is 1. The van der Waals surface area contributed by atoms with Gasteiger partial charge in [0.1, 0.15) is 5.75 Å². The van der Waals surface area contributed by atoms with E-state index >= 15 is 0 Å². The number of hydrogen-bond donors (Lipinski definition) is 2. The lowest BCUT2D eigenvalue weighted by Crippen LogP contribution is -2.24. The fourth-order valence-electron chi connectivity index (χ4n) is 3.86. The monoisotopic (exact) mass is 412 g/mol. The molecule has 0 radical (unpaired) electrons. The summed E-state index contributed by atoms with van der Waals surface area (Å²) in [5.41, 5.74) is 3.79. The maximum atomic E-state index is 12.9. The lowest BCUT2D eigenvalue weighted by molar-refractivity contribution is 0.0974. The van der Waals surface area contributed by atoms with Crippen LogP contribution in [0, 0.1) is 6.92 Å². The first-order valence-electron chi connectivity index (χ1n) is 9.79. The second-order valence-corrected chi connectivity index (χ2v) is 9.06. The Morgan fingerprint density at radius 1 is 1.14 bits per heavy atom. The quantitative estimate of drug-likeness (QED) is 0.643. The lowest BCUT2D eigenvalue weighted by Gasteiger charge is -2.11. The number of carbonyl (C=O) groups is 1. The normalized spacial score (nSPS) is 14.2. The molecule has 0 atom stereocenters. The van der Waals surface area contributed by atoms with Crippen molar-refractivity contribution in [2.24, 2.45) is 0 Å². The molecule has 0 aliphatic heterocycles. The van der Waals surface area contributed by atoms with Gasteiger partial charge < -0.3 is 9.72 Å². The number of sulfonamides is 1. The molecule has 1 aliphatic rings. The van der Waals surface area contributed by atoms with Crippen LogP contribution in [-0.4, -0.2) is 25.8 Å². The highest BCUT2D eigenvalue weighted by atomic mass is 32.2. The molecule has 0 saturated carbocycles. The molecule has 1 aromatic heterocycles. The molecule has 1 heterocycles. The maximum Gasteiger partial charge on any atom is 0.241 e. The van der Waals surface area contributed by atoms with Gasteiger partial charge in [-0.25, -0.2) is 13.1 Å². The summed E-state index contributed by atoms with van der Waals surface area (Å²) in [6.45, 7) is 4.45. The number of rotatable bonds is 6. The van der Waals surface area contributed by atoms with Gasteiger partial charge >= 0.3 is 0 Å². The third-order valence-corrected chi connectivity index (χ3v) is 6.81. The molecule has 3 aromatic rings. The summed E-state index contributed by atoms with van der Waals surface area (Å²) in [5.74, 6) is 0.881. The summed E-state index contributed by atoms with van der Waals surface area (Å²) in [4.78, 5) is 15.8. The Bertz CT molecular complexity index is 1180. The van der Waals surface area contributed by atoms with Gasteiger partial charge in [0.05, 0.1) is 11.5 Å². The van der Waals surface area contributed by atoms with E-state index in [9.17, 15) is 13.2 Å². The van der Waals surface area contributed by atoms with Gasteiger partial charge in [-0.2, -0.15) is 0 Å². The van der Waals surface area contributed by atoms with Crippen LogP contribution in [0.15, 0.2) is 41.3 Å². The van der Waals surface area contributed by atoms with Gasteiger partial charge in [-0.3, -0.25) is 4.79 Å². The molecule has 0 saturated heterocycles. The highest BCUT2D eigenvalue weighted by Gasteiger charge is 2.25. The first kappa shape index (κ1) is 19.7. The van der Waals surface area contributed by atoms with Crippen molar-refractivity contribution >= 4 is 26.7 Å². The summed E-state index contributed by atoms with van der Waals surface area (Å²) >= 11 is 0. The van der Waals surface area contributed by atoms with E-state index in [4.69, 9.17) is 4.74 Å². The first-order valence-corrected chi connectivity index (χ1v) is 11.3. The molecule has 152 valence electrons. The van der Waals surface area contributed by atoms with Gasteiger partial charge in [0.2, 0.25) is 10.0 Å². The molecule has 0 fully saturated rings. The topological polar surface area (TPSA) is 88.3 Å². The van der Waals surface area contributed by atoms with Crippen molar-refractivity contribution in [2.45, 2.75) is 44.6 Å². The van der Waals surface area contributed by atoms with Crippen molar-refractivity contribution in [1.29, 1.82) is 0 Å². The number of hydrogen-bond acceptors (Lipinski definition) is 4. The van der Waals surface area contributed by atoms with Crippen LogP contribution in [0.4, 0.5) is 0 Å². The highest BCUT2D eigenvalue weighted by molar-refractivity contribution is 7.89. The van der Waals surface area contributed by atoms with Crippen LogP contribution in [0.5, 0.6) is 5.75 Å². The average Bonchev–Trinajstić information content (AvgIpc) is 3.06. The minimum Gasteiger partial charge on any atom is -0.494 e. The Hall–Kier alpha value is -2.64. The number of ether oxygens (including phenoxy) is 1. The first-order chi connectivity index (χ1) is 13.9. The van der Waals surface area contributed by atoms with Gasteiger partial charge in [-0.1, -0.05) is 12.1 Å². The van der Waals surface area contributed by atoms with E-state index < -0.39 is 10.0 Å². The van der Waals surface area contributed by atoms with E-state index in [-0.39, 0.29) is 17.2 Å². The average molecular weight is 413 g/mol. The summed E-state index contributed by atoms with van der Waals surface area (Å²) in [6.07, 6.45) is 2.18. The predicted molar refractivity (Wildman–Crippen MR) is 112 cm³/mol. The summed E-state index contributed by atoms with van der Waals surface area (Å²) in [6, 6.07) is 10.8. The number of benzene rings is 2. The zero-order chi connectivity index (χ0) is 20.6. The highest BCUT2D eigenvalue weighted by Crippen LogP contribution is 2.32. The van der Waals surface area contributed by atoms with Crippen molar-refractivity contribution in [3.8, 4) is 5.75 Å². The molecular weight excluding hydrogens is 388 g/mol. The van der Waals surface area contributed by atoms with Crippen LogP contribution < -0.4 is 9.46 Å². The van der Waals surface area contributed by atoms with Crippen molar-refractivity contribution < 1.29 is 17.9 Å². The number of Topliss-reactive ketones (excluding diaryl/α,β-unsaturated/α-hetero) is 1. The molecule has 7 heteroatoms. The molecule has 0 bridgehead atoms. The Kier molecular flexibility index (Phi) is 5.19. The van der Waals surface area contributed by atoms with Crippen molar-refractivity contribution in [3.63, 3.8) is 0 Å². The van der Waals surface area contributed by atoms with E-state index in [1.54, 1.807) is 19.1 Å². The van der Waals surface area contributed by atoms with Crippen LogP contribution in [0.3, 0.4) is 0 Å². The third kappa shape index (κ3) is 3.80. The molecule has 2 aromatic carbocycles. The molecular formula is C22H24N2O4S. The Morgan fingerprint density at radius 2 is 1.90 bits per heavy atom. The van der Waals surface area contributed by atoms with E-state index in [1.165, 1.54) is 0 Å². The molecule has 0 amide bonds. The smallest absolute Gasteiger partial charge is 0.241 e. The predicted octanol–water partition coefficient (Wildman–Crippen LogP) is 3.87. The number of aromatic nitrogens is 1. The Labute approximate surface area is 170 Å². The fraction of sp³-hybridized carbons (Fsp3) is 0.318. The standard InChI is InChI=1S/C22H24N2O4S/c1-3-28-16-9-7-15(8-10-16)13-23-29(26,27)21-12-19-17(11-14(21)2)22-18(24-19)5-4-6-20(22)25/h7-12,23-24H,3-6,13H2,1-2H3.